The van der Waals surface area contributed by atoms with Crippen molar-refractivity contribution in [2.24, 2.45) is 11.3 Å². The van der Waals surface area contributed by atoms with Crippen LogP contribution in [-0.2, 0) is 4.79 Å². The molecule has 3 nitrogen and oxygen atoms in total. The highest BCUT2D eigenvalue weighted by Gasteiger charge is 2.50. The lowest BCUT2D eigenvalue weighted by atomic mass is 9.85. The molecule has 0 radical (unpaired) electrons. The number of hydrogen-bond acceptors (Lipinski definition) is 2. The molecular weight excluding hydrogens is 178 g/mol. The number of rotatable bonds is 4. The SMILES string of the molecule is CN(CC1CCC1)C(=O)C1(CO)CC1. The topological polar surface area (TPSA) is 40.5 Å². The van der Waals surface area contributed by atoms with Gasteiger partial charge in [0, 0.05) is 13.6 Å². The monoisotopic (exact) mass is 197 g/mol. The molecule has 0 heterocycles. The number of aliphatic hydroxyl groups is 1. The lowest BCUT2D eigenvalue weighted by Crippen LogP contribution is -2.40. The molecule has 80 valence electrons. The molecule has 0 aromatic rings. The predicted molar refractivity (Wildman–Crippen MR) is 53.7 cm³/mol. The number of carbonyl (C=O) groups excluding carboxylic acids is 1. The van der Waals surface area contributed by atoms with Crippen molar-refractivity contribution in [1.82, 2.24) is 4.90 Å². The van der Waals surface area contributed by atoms with E-state index in [9.17, 15) is 4.79 Å². The highest BCUT2D eigenvalue weighted by Crippen LogP contribution is 2.46. The van der Waals surface area contributed by atoms with Crippen LogP contribution in [0.3, 0.4) is 0 Å². The number of amides is 1. The molecule has 2 saturated carbocycles. The van der Waals surface area contributed by atoms with Crippen LogP contribution >= 0.6 is 0 Å². The van der Waals surface area contributed by atoms with Crippen molar-refractivity contribution in [3.8, 4) is 0 Å². The van der Waals surface area contributed by atoms with Crippen LogP contribution in [0.4, 0.5) is 0 Å². The van der Waals surface area contributed by atoms with Gasteiger partial charge in [0.1, 0.15) is 0 Å². The second kappa shape index (κ2) is 3.54. The summed E-state index contributed by atoms with van der Waals surface area (Å²) in [5.74, 6) is 0.880. The third-order valence-corrected chi connectivity index (χ3v) is 3.71. The van der Waals surface area contributed by atoms with Crippen LogP contribution in [0.5, 0.6) is 0 Å². The first-order valence-electron chi connectivity index (χ1n) is 5.54. The summed E-state index contributed by atoms with van der Waals surface area (Å²) in [6, 6.07) is 0. The highest BCUT2D eigenvalue weighted by molar-refractivity contribution is 5.85. The van der Waals surface area contributed by atoms with Crippen molar-refractivity contribution >= 4 is 5.91 Å². The highest BCUT2D eigenvalue weighted by atomic mass is 16.3. The Labute approximate surface area is 85.1 Å². The Bertz CT molecular complexity index is 231. The number of aliphatic hydroxyl groups excluding tert-OH is 1. The van der Waals surface area contributed by atoms with Crippen LogP contribution in [-0.4, -0.2) is 36.1 Å². The lowest BCUT2D eigenvalue weighted by Gasteiger charge is -2.31. The molecular formula is C11H19NO2. The fourth-order valence-corrected chi connectivity index (χ4v) is 2.14. The van der Waals surface area contributed by atoms with Crippen LogP contribution in [0.1, 0.15) is 32.1 Å². The summed E-state index contributed by atoms with van der Waals surface area (Å²) in [4.78, 5) is 13.7. The molecule has 0 bridgehead atoms. The maximum Gasteiger partial charge on any atom is 0.230 e. The molecule has 1 N–H and O–H groups in total. The molecule has 3 heteroatoms. The van der Waals surface area contributed by atoms with E-state index in [0.717, 1.165) is 25.3 Å². The van der Waals surface area contributed by atoms with Crippen molar-refractivity contribution < 1.29 is 9.90 Å². The van der Waals surface area contributed by atoms with Crippen LogP contribution in [0.2, 0.25) is 0 Å². The van der Waals surface area contributed by atoms with Crippen LogP contribution in [0.15, 0.2) is 0 Å². The first kappa shape index (κ1) is 9.97. The van der Waals surface area contributed by atoms with Crippen LogP contribution < -0.4 is 0 Å². The van der Waals surface area contributed by atoms with E-state index in [1.807, 2.05) is 11.9 Å². The van der Waals surface area contributed by atoms with E-state index in [1.165, 1.54) is 19.3 Å². The predicted octanol–water partition coefficient (Wildman–Crippen LogP) is 1.02. The molecule has 2 aliphatic rings. The van der Waals surface area contributed by atoms with Gasteiger partial charge in [-0.25, -0.2) is 0 Å². The average Bonchev–Trinajstić information content (AvgIpc) is 2.90. The van der Waals surface area contributed by atoms with E-state index in [2.05, 4.69) is 0 Å². The Morgan fingerprint density at radius 1 is 1.50 bits per heavy atom. The first-order chi connectivity index (χ1) is 6.68. The second-order valence-electron chi connectivity index (χ2n) is 4.92. The summed E-state index contributed by atoms with van der Waals surface area (Å²) >= 11 is 0. The van der Waals surface area contributed by atoms with Crippen molar-refractivity contribution in [2.75, 3.05) is 20.2 Å². The zero-order valence-corrected chi connectivity index (χ0v) is 8.83. The molecule has 0 aromatic carbocycles. The van der Waals surface area contributed by atoms with Gasteiger partial charge in [0.25, 0.3) is 0 Å². The summed E-state index contributed by atoms with van der Waals surface area (Å²) in [6.45, 7) is 0.918. The summed E-state index contributed by atoms with van der Waals surface area (Å²) < 4.78 is 0. The molecule has 2 aliphatic carbocycles. The van der Waals surface area contributed by atoms with Crippen LogP contribution in [0.25, 0.3) is 0 Å². The van der Waals surface area contributed by atoms with Crippen molar-refractivity contribution in [2.45, 2.75) is 32.1 Å². The Kier molecular flexibility index (Phi) is 2.52. The van der Waals surface area contributed by atoms with E-state index < -0.39 is 0 Å². The third kappa shape index (κ3) is 1.65. The van der Waals surface area contributed by atoms with Crippen LogP contribution in [0, 0.1) is 11.3 Å². The van der Waals surface area contributed by atoms with E-state index in [1.54, 1.807) is 0 Å². The summed E-state index contributed by atoms with van der Waals surface area (Å²) in [6.07, 6.45) is 5.60. The van der Waals surface area contributed by atoms with Gasteiger partial charge in [-0.3, -0.25) is 4.79 Å². The Hall–Kier alpha value is -0.570. The number of carbonyl (C=O) groups is 1. The molecule has 2 fully saturated rings. The van der Waals surface area contributed by atoms with E-state index in [0.29, 0.717) is 0 Å². The maximum absolute atomic E-state index is 11.9. The molecule has 0 saturated heterocycles. The largest absolute Gasteiger partial charge is 0.395 e. The summed E-state index contributed by atoms with van der Waals surface area (Å²) in [5.41, 5.74) is -0.376. The zero-order chi connectivity index (χ0) is 10.2. The minimum Gasteiger partial charge on any atom is -0.395 e. The molecule has 1 amide bonds. The van der Waals surface area contributed by atoms with Crippen molar-refractivity contribution in [1.29, 1.82) is 0 Å². The average molecular weight is 197 g/mol. The Morgan fingerprint density at radius 2 is 2.14 bits per heavy atom. The molecule has 0 unspecified atom stereocenters. The maximum atomic E-state index is 11.9. The quantitative estimate of drug-likeness (QED) is 0.731. The Morgan fingerprint density at radius 3 is 2.50 bits per heavy atom. The molecule has 2 rings (SSSR count). The van der Waals surface area contributed by atoms with Gasteiger partial charge in [-0.05, 0) is 31.6 Å². The number of hydrogen-bond donors (Lipinski definition) is 1. The van der Waals surface area contributed by atoms with E-state index in [-0.39, 0.29) is 17.9 Å². The van der Waals surface area contributed by atoms with Gasteiger partial charge in [0.2, 0.25) is 5.91 Å². The third-order valence-electron chi connectivity index (χ3n) is 3.71. The molecule has 14 heavy (non-hydrogen) atoms. The first-order valence-corrected chi connectivity index (χ1v) is 5.54. The minimum absolute atomic E-state index is 0.0286. The van der Waals surface area contributed by atoms with E-state index in [4.69, 9.17) is 5.11 Å². The van der Waals surface area contributed by atoms with Gasteiger partial charge in [0.15, 0.2) is 0 Å². The smallest absolute Gasteiger partial charge is 0.230 e. The summed E-state index contributed by atoms with van der Waals surface area (Å²) in [5, 5.41) is 9.13. The van der Waals surface area contributed by atoms with Gasteiger partial charge in [-0.2, -0.15) is 0 Å². The second-order valence-corrected chi connectivity index (χ2v) is 4.92. The van der Waals surface area contributed by atoms with Crippen molar-refractivity contribution in [3.63, 3.8) is 0 Å². The molecule has 0 aromatic heterocycles. The van der Waals surface area contributed by atoms with E-state index >= 15 is 0 Å². The number of nitrogens with zero attached hydrogens (tertiary/aromatic N) is 1. The van der Waals surface area contributed by atoms with Gasteiger partial charge < -0.3 is 10.0 Å². The molecule has 0 aliphatic heterocycles. The van der Waals surface area contributed by atoms with Gasteiger partial charge in [0.05, 0.1) is 12.0 Å². The molecule has 0 spiro atoms. The lowest BCUT2D eigenvalue weighted by molar-refractivity contribution is -0.138. The van der Waals surface area contributed by atoms with Gasteiger partial charge in [-0.1, -0.05) is 6.42 Å². The fourth-order valence-electron chi connectivity index (χ4n) is 2.14. The fraction of sp³-hybridized carbons (Fsp3) is 0.909. The zero-order valence-electron chi connectivity index (χ0n) is 8.83. The molecule has 0 atom stereocenters. The van der Waals surface area contributed by atoms with Gasteiger partial charge >= 0.3 is 0 Å². The normalized spacial score (nSPS) is 24.1. The Balaban J connectivity index is 1.84. The van der Waals surface area contributed by atoms with Crippen molar-refractivity contribution in [3.05, 3.63) is 0 Å². The van der Waals surface area contributed by atoms with Gasteiger partial charge in [-0.15, -0.1) is 0 Å². The minimum atomic E-state index is -0.376. The summed E-state index contributed by atoms with van der Waals surface area (Å²) in [7, 11) is 1.87. The standard InChI is InChI=1S/C11H19NO2/c1-12(7-9-3-2-4-9)10(14)11(8-13)5-6-11/h9,13H,2-8H2,1H3.